The topological polar surface area (TPSA) is 55.1 Å². The first kappa shape index (κ1) is 14.4. The van der Waals surface area contributed by atoms with E-state index in [9.17, 15) is 4.79 Å². The summed E-state index contributed by atoms with van der Waals surface area (Å²) in [5.74, 6) is -0.0470. The highest BCUT2D eigenvalue weighted by atomic mass is 79.9. The Labute approximate surface area is 104 Å². The van der Waals surface area contributed by atoms with Crippen molar-refractivity contribution in [1.29, 1.82) is 0 Å². The molecule has 15 heavy (non-hydrogen) atoms. The predicted octanol–water partition coefficient (Wildman–Crippen LogP) is 2.47. The van der Waals surface area contributed by atoms with Gasteiger partial charge in [0.2, 0.25) is 5.91 Å². The fourth-order valence-electron chi connectivity index (χ4n) is 1.08. The van der Waals surface area contributed by atoms with Crippen LogP contribution in [0.4, 0.5) is 5.69 Å². The fraction of sp³-hybridized carbons (Fsp3) is 0.300. The molecule has 0 spiro atoms. The highest BCUT2D eigenvalue weighted by Crippen LogP contribution is 2.19. The molecule has 0 aliphatic carbocycles. The SMILES string of the molecule is Cc1cc(NC(=O)CCN)ccc1Br.Cl. The van der Waals surface area contributed by atoms with Gasteiger partial charge in [-0.3, -0.25) is 4.79 Å². The van der Waals surface area contributed by atoms with Crippen molar-refractivity contribution in [3.63, 3.8) is 0 Å². The fourth-order valence-corrected chi connectivity index (χ4v) is 1.32. The molecular formula is C10H14BrClN2O. The number of nitrogens with one attached hydrogen (secondary N) is 1. The van der Waals surface area contributed by atoms with Gasteiger partial charge in [-0.25, -0.2) is 0 Å². The van der Waals surface area contributed by atoms with Gasteiger partial charge >= 0.3 is 0 Å². The first-order chi connectivity index (χ1) is 6.63. The quantitative estimate of drug-likeness (QED) is 0.899. The largest absolute Gasteiger partial charge is 0.330 e. The number of rotatable bonds is 3. The van der Waals surface area contributed by atoms with Crippen LogP contribution in [0.25, 0.3) is 0 Å². The van der Waals surface area contributed by atoms with E-state index in [0.29, 0.717) is 13.0 Å². The first-order valence-electron chi connectivity index (χ1n) is 4.39. The van der Waals surface area contributed by atoms with Crippen LogP contribution in [0.2, 0.25) is 0 Å². The number of benzene rings is 1. The van der Waals surface area contributed by atoms with Gasteiger partial charge in [0.1, 0.15) is 0 Å². The lowest BCUT2D eigenvalue weighted by atomic mass is 10.2. The van der Waals surface area contributed by atoms with E-state index in [-0.39, 0.29) is 18.3 Å². The number of hydrogen-bond acceptors (Lipinski definition) is 2. The second-order valence-corrected chi connectivity index (χ2v) is 3.91. The second kappa shape index (κ2) is 6.82. The van der Waals surface area contributed by atoms with E-state index in [1.54, 1.807) is 0 Å². The van der Waals surface area contributed by atoms with Crippen molar-refractivity contribution >= 4 is 39.9 Å². The van der Waals surface area contributed by atoms with Crippen molar-refractivity contribution in [1.82, 2.24) is 0 Å². The minimum Gasteiger partial charge on any atom is -0.330 e. The minimum atomic E-state index is -0.0470. The molecule has 1 aromatic carbocycles. The van der Waals surface area contributed by atoms with Crippen molar-refractivity contribution in [3.8, 4) is 0 Å². The van der Waals surface area contributed by atoms with Gasteiger partial charge in [-0.05, 0) is 30.7 Å². The third kappa shape index (κ3) is 4.64. The second-order valence-electron chi connectivity index (χ2n) is 3.05. The van der Waals surface area contributed by atoms with Crippen LogP contribution < -0.4 is 11.1 Å². The van der Waals surface area contributed by atoms with E-state index < -0.39 is 0 Å². The van der Waals surface area contributed by atoms with Gasteiger partial charge in [0.25, 0.3) is 0 Å². The van der Waals surface area contributed by atoms with Gasteiger partial charge in [0.05, 0.1) is 0 Å². The van der Waals surface area contributed by atoms with Gasteiger partial charge < -0.3 is 11.1 Å². The Kier molecular flexibility index (Phi) is 6.56. The van der Waals surface area contributed by atoms with E-state index in [0.717, 1.165) is 15.7 Å². The highest BCUT2D eigenvalue weighted by Gasteiger charge is 2.01. The van der Waals surface area contributed by atoms with Gasteiger partial charge in [0.15, 0.2) is 0 Å². The summed E-state index contributed by atoms with van der Waals surface area (Å²) < 4.78 is 1.04. The molecule has 5 heteroatoms. The molecule has 84 valence electrons. The van der Waals surface area contributed by atoms with E-state index in [1.807, 2.05) is 25.1 Å². The van der Waals surface area contributed by atoms with E-state index in [1.165, 1.54) is 0 Å². The molecule has 0 saturated carbocycles. The van der Waals surface area contributed by atoms with Crippen molar-refractivity contribution in [2.24, 2.45) is 5.73 Å². The number of amides is 1. The highest BCUT2D eigenvalue weighted by molar-refractivity contribution is 9.10. The predicted molar refractivity (Wildman–Crippen MR) is 68.4 cm³/mol. The lowest BCUT2D eigenvalue weighted by molar-refractivity contribution is -0.116. The maximum atomic E-state index is 11.2. The van der Waals surface area contributed by atoms with Crippen LogP contribution in [0.5, 0.6) is 0 Å². The van der Waals surface area contributed by atoms with Crippen molar-refractivity contribution in [2.75, 3.05) is 11.9 Å². The number of anilines is 1. The molecule has 0 fully saturated rings. The Morgan fingerprint density at radius 2 is 2.20 bits per heavy atom. The molecule has 0 aromatic heterocycles. The Morgan fingerprint density at radius 3 is 2.73 bits per heavy atom. The van der Waals surface area contributed by atoms with E-state index >= 15 is 0 Å². The van der Waals surface area contributed by atoms with E-state index in [4.69, 9.17) is 5.73 Å². The first-order valence-corrected chi connectivity index (χ1v) is 5.19. The monoisotopic (exact) mass is 292 g/mol. The summed E-state index contributed by atoms with van der Waals surface area (Å²) in [6.07, 6.45) is 0.356. The molecule has 1 amide bonds. The standard InChI is InChI=1S/C10H13BrN2O.ClH/c1-7-6-8(2-3-9(7)11)13-10(14)4-5-12;/h2-3,6H,4-5,12H2,1H3,(H,13,14);1H. The Morgan fingerprint density at radius 1 is 1.53 bits per heavy atom. The average molecular weight is 294 g/mol. The van der Waals surface area contributed by atoms with Gasteiger partial charge in [-0.1, -0.05) is 15.9 Å². The Bertz CT molecular complexity index is 344. The van der Waals surface area contributed by atoms with Crippen LogP contribution in [0.15, 0.2) is 22.7 Å². The number of nitrogens with two attached hydrogens (primary N) is 1. The molecule has 0 unspecified atom stereocenters. The molecule has 0 bridgehead atoms. The summed E-state index contributed by atoms with van der Waals surface area (Å²) in [7, 11) is 0. The van der Waals surface area contributed by atoms with Gasteiger partial charge in [-0.15, -0.1) is 12.4 Å². The molecule has 0 radical (unpaired) electrons. The molecule has 3 nitrogen and oxygen atoms in total. The molecule has 0 atom stereocenters. The van der Waals surface area contributed by atoms with Crippen LogP contribution >= 0.6 is 28.3 Å². The number of carbonyl (C=O) groups excluding carboxylic acids is 1. The smallest absolute Gasteiger partial charge is 0.225 e. The van der Waals surface area contributed by atoms with Crippen molar-refractivity contribution < 1.29 is 4.79 Å². The van der Waals surface area contributed by atoms with E-state index in [2.05, 4.69) is 21.2 Å². The summed E-state index contributed by atoms with van der Waals surface area (Å²) in [5.41, 5.74) is 7.17. The molecular weight excluding hydrogens is 279 g/mol. The molecule has 0 heterocycles. The number of aryl methyl sites for hydroxylation is 1. The average Bonchev–Trinajstić information content (AvgIpc) is 2.12. The lowest BCUT2D eigenvalue weighted by Crippen LogP contribution is -2.16. The van der Waals surface area contributed by atoms with Crippen LogP contribution in [0.1, 0.15) is 12.0 Å². The summed E-state index contributed by atoms with van der Waals surface area (Å²) in [6, 6.07) is 5.68. The maximum absolute atomic E-state index is 11.2. The molecule has 1 aromatic rings. The summed E-state index contributed by atoms with van der Waals surface area (Å²) >= 11 is 3.39. The van der Waals surface area contributed by atoms with Crippen LogP contribution in [0.3, 0.4) is 0 Å². The van der Waals surface area contributed by atoms with Crippen molar-refractivity contribution in [3.05, 3.63) is 28.2 Å². The normalized spacial score (nSPS) is 9.27. The van der Waals surface area contributed by atoms with Crippen molar-refractivity contribution in [2.45, 2.75) is 13.3 Å². The zero-order valence-corrected chi connectivity index (χ0v) is 10.8. The summed E-state index contributed by atoms with van der Waals surface area (Å²) in [4.78, 5) is 11.2. The lowest BCUT2D eigenvalue weighted by Gasteiger charge is -2.05. The van der Waals surface area contributed by atoms with Crippen LogP contribution in [-0.2, 0) is 4.79 Å². The van der Waals surface area contributed by atoms with Gasteiger partial charge in [-0.2, -0.15) is 0 Å². The number of carbonyl (C=O) groups is 1. The minimum absolute atomic E-state index is 0. The summed E-state index contributed by atoms with van der Waals surface area (Å²) in [5, 5.41) is 2.77. The Balaban J connectivity index is 0.00000196. The zero-order chi connectivity index (χ0) is 10.6. The maximum Gasteiger partial charge on any atom is 0.225 e. The van der Waals surface area contributed by atoms with Crippen LogP contribution in [-0.4, -0.2) is 12.5 Å². The molecule has 0 aliphatic heterocycles. The number of hydrogen-bond donors (Lipinski definition) is 2. The third-order valence-corrected chi connectivity index (χ3v) is 2.70. The van der Waals surface area contributed by atoms with Crippen LogP contribution in [0, 0.1) is 6.92 Å². The van der Waals surface area contributed by atoms with Gasteiger partial charge in [0, 0.05) is 23.1 Å². The third-order valence-electron chi connectivity index (χ3n) is 1.81. The Hall–Kier alpha value is -0.580. The molecule has 1 rings (SSSR count). The molecule has 0 saturated heterocycles. The summed E-state index contributed by atoms with van der Waals surface area (Å²) in [6.45, 7) is 2.35. The molecule has 3 N–H and O–H groups in total. The number of halogens is 2. The molecule has 0 aliphatic rings. The zero-order valence-electron chi connectivity index (χ0n) is 8.42.